The molecule has 1 fully saturated rings. The second-order valence-corrected chi connectivity index (χ2v) is 6.79. The van der Waals surface area contributed by atoms with Gasteiger partial charge in [0.15, 0.2) is 0 Å². The molecule has 27 heavy (non-hydrogen) atoms. The zero-order valence-corrected chi connectivity index (χ0v) is 15.4. The number of hydrogen-bond acceptors (Lipinski definition) is 5. The van der Waals surface area contributed by atoms with Crippen LogP contribution in [0.25, 0.3) is 22.4 Å². The van der Waals surface area contributed by atoms with Crippen LogP contribution in [0.15, 0.2) is 49.1 Å². The number of amides is 1. The maximum atomic E-state index is 12.0. The van der Waals surface area contributed by atoms with Gasteiger partial charge in [-0.15, -0.1) is 0 Å². The Morgan fingerprint density at radius 2 is 1.89 bits per heavy atom. The SMILES string of the molecule is CNc1ccc(C)c(-c2cncc(-c3cc(NC(=O)C4CC4)ncn3)c2)c1. The van der Waals surface area contributed by atoms with Crippen LogP contribution in [0.5, 0.6) is 0 Å². The van der Waals surface area contributed by atoms with Gasteiger partial charge in [0, 0.05) is 48.2 Å². The van der Waals surface area contributed by atoms with E-state index < -0.39 is 0 Å². The van der Waals surface area contributed by atoms with Crippen LogP contribution < -0.4 is 10.6 Å². The van der Waals surface area contributed by atoms with Crippen molar-refractivity contribution in [1.82, 2.24) is 15.0 Å². The number of nitrogens with zero attached hydrogens (tertiary/aromatic N) is 3. The normalized spacial score (nSPS) is 13.3. The Balaban J connectivity index is 1.65. The molecule has 2 heterocycles. The first-order chi connectivity index (χ1) is 13.1. The van der Waals surface area contributed by atoms with Crippen molar-refractivity contribution in [3.05, 3.63) is 54.6 Å². The molecule has 2 aromatic heterocycles. The molecule has 3 aromatic rings. The van der Waals surface area contributed by atoms with Crippen LogP contribution in [0.1, 0.15) is 18.4 Å². The molecule has 0 bridgehead atoms. The van der Waals surface area contributed by atoms with Gasteiger partial charge in [-0.25, -0.2) is 9.97 Å². The molecule has 0 unspecified atom stereocenters. The molecule has 1 saturated carbocycles. The minimum absolute atomic E-state index is 0.0334. The molecule has 6 heteroatoms. The van der Waals surface area contributed by atoms with E-state index in [0.29, 0.717) is 5.82 Å². The average Bonchev–Trinajstić information content (AvgIpc) is 3.54. The van der Waals surface area contributed by atoms with E-state index in [1.807, 2.05) is 13.2 Å². The van der Waals surface area contributed by atoms with E-state index >= 15 is 0 Å². The summed E-state index contributed by atoms with van der Waals surface area (Å²) in [5, 5.41) is 6.03. The van der Waals surface area contributed by atoms with Gasteiger partial charge in [-0.1, -0.05) is 6.07 Å². The lowest BCUT2D eigenvalue weighted by molar-refractivity contribution is -0.117. The molecule has 1 aliphatic carbocycles. The number of rotatable bonds is 5. The van der Waals surface area contributed by atoms with Gasteiger partial charge in [-0.3, -0.25) is 9.78 Å². The summed E-state index contributed by atoms with van der Waals surface area (Å²) in [6.07, 6.45) is 7.01. The minimum atomic E-state index is 0.0334. The molecule has 0 saturated heterocycles. The highest BCUT2D eigenvalue weighted by molar-refractivity contribution is 5.93. The van der Waals surface area contributed by atoms with Crippen LogP contribution in [-0.4, -0.2) is 27.9 Å². The van der Waals surface area contributed by atoms with E-state index in [0.717, 1.165) is 40.9 Å². The standard InChI is InChI=1S/C21H21N5O/c1-13-3-6-17(22-2)8-18(13)15-7-16(11-23-10-15)19-9-20(25-12-24-19)26-21(27)14-4-5-14/h3,6-12,14,22H,4-5H2,1-2H3,(H,24,25,26,27). The molecule has 0 aliphatic heterocycles. The smallest absolute Gasteiger partial charge is 0.228 e. The maximum absolute atomic E-state index is 12.0. The van der Waals surface area contributed by atoms with Crippen molar-refractivity contribution in [3.8, 4) is 22.4 Å². The maximum Gasteiger partial charge on any atom is 0.228 e. The summed E-state index contributed by atoms with van der Waals surface area (Å²) in [4.78, 5) is 24.9. The number of aryl methyl sites for hydroxylation is 1. The van der Waals surface area contributed by atoms with Gasteiger partial charge in [0.05, 0.1) is 5.69 Å². The van der Waals surface area contributed by atoms with Crippen molar-refractivity contribution < 1.29 is 4.79 Å². The summed E-state index contributed by atoms with van der Waals surface area (Å²) in [6.45, 7) is 2.08. The highest BCUT2D eigenvalue weighted by Crippen LogP contribution is 2.31. The topological polar surface area (TPSA) is 79.8 Å². The van der Waals surface area contributed by atoms with Crippen molar-refractivity contribution in [1.29, 1.82) is 0 Å². The van der Waals surface area contributed by atoms with Crippen molar-refractivity contribution in [2.24, 2.45) is 5.92 Å². The van der Waals surface area contributed by atoms with Crippen molar-refractivity contribution in [2.75, 3.05) is 17.7 Å². The van der Waals surface area contributed by atoms with Crippen LogP contribution in [0.4, 0.5) is 11.5 Å². The molecule has 1 amide bonds. The number of aromatic nitrogens is 3. The first-order valence-electron chi connectivity index (χ1n) is 9.01. The van der Waals surface area contributed by atoms with Gasteiger partial charge in [-0.05, 0) is 49.1 Å². The second kappa shape index (κ2) is 7.15. The minimum Gasteiger partial charge on any atom is -0.388 e. The van der Waals surface area contributed by atoms with Crippen LogP contribution >= 0.6 is 0 Å². The zero-order valence-electron chi connectivity index (χ0n) is 15.4. The number of nitrogens with one attached hydrogen (secondary N) is 2. The number of hydrogen-bond donors (Lipinski definition) is 2. The summed E-state index contributed by atoms with van der Waals surface area (Å²) in [6, 6.07) is 10.1. The Labute approximate surface area is 158 Å². The fraction of sp³-hybridized carbons (Fsp3) is 0.238. The largest absolute Gasteiger partial charge is 0.388 e. The molecule has 2 N–H and O–H groups in total. The van der Waals surface area contributed by atoms with Crippen LogP contribution in [0.2, 0.25) is 0 Å². The first kappa shape index (κ1) is 17.1. The Kier molecular flexibility index (Phi) is 4.54. The third kappa shape index (κ3) is 3.79. The summed E-state index contributed by atoms with van der Waals surface area (Å²) >= 11 is 0. The molecule has 4 rings (SSSR count). The molecule has 6 nitrogen and oxygen atoms in total. The molecule has 136 valence electrons. The third-order valence-corrected chi connectivity index (χ3v) is 4.74. The monoisotopic (exact) mass is 359 g/mol. The van der Waals surface area contributed by atoms with Gasteiger partial charge >= 0.3 is 0 Å². The molecule has 1 aliphatic rings. The summed E-state index contributed by atoms with van der Waals surface area (Å²) in [5.41, 5.74) is 5.97. The van der Waals surface area contributed by atoms with Gasteiger partial charge < -0.3 is 10.6 Å². The number of anilines is 2. The predicted octanol–water partition coefficient (Wildman–Crippen LogP) is 3.90. The molecule has 0 atom stereocenters. The van der Waals surface area contributed by atoms with Gasteiger partial charge in [-0.2, -0.15) is 0 Å². The second-order valence-electron chi connectivity index (χ2n) is 6.79. The Morgan fingerprint density at radius 3 is 2.67 bits per heavy atom. The first-order valence-corrected chi connectivity index (χ1v) is 9.01. The molecular formula is C21H21N5O. The van der Waals surface area contributed by atoms with Crippen LogP contribution in [-0.2, 0) is 4.79 Å². The molecular weight excluding hydrogens is 338 g/mol. The molecule has 0 radical (unpaired) electrons. The van der Waals surface area contributed by atoms with Crippen molar-refractivity contribution in [2.45, 2.75) is 19.8 Å². The van der Waals surface area contributed by atoms with E-state index in [-0.39, 0.29) is 11.8 Å². The number of carbonyl (C=O) groups excluding carboxylic acids is 1. The fourth-order valence-corrected chi connectivity index (χ4v) is 2.97. The number of pyridine rings is 1. The summed E-state index contributed by atoms with van der Waals surface area (Å²) in [7, 11) is 1.90. The number of carbonyl (C=O) groups is 1. The van der Waals surface area contributed by atoms with E-state index in [2.05, 4.69) is 56.8 Å². The molecule has 1 aromatic carbocycles. The van der Waals surface area contributed by atoms with E-state index in [4.69, 9.17) is 0 Å². The molecule has 0 spiro atoms. The summed E-state index contributed by atoms with van der Waals surface area (Å²) in [5.74, 6) is 0.692. The van der Waals surface area contributed by atoms with Crippen LogP contribution in [0.3, 0.4) is 0 Å². The lowest BCUT2D eigenvalue weighted by atomic mass is 9.99. The average molecular weight is 359 g/mol. The predicted molar refractivity (Wildman–Crippen MR) is 106 cm³/mol. The lowest BCUT2D eigenvalue weighted by Gasteiger charge is -2.10. The van der Waals surface area contributed by atoms with Gasteiger partial charge in [0.2, 0.25) is 5.91 Å². The Hall–Kier alpha value is -3.28. The quantitative estimate of drug-likeness (QED) is 0.722. The summed E-state index contributed by atoms with van der Waals surface area (Å²) < 4.78 is 0. The van der Waals surface area contributed by atoms with E-state index in [1.54, 1.807) is 12.3 Å². The van der Waals surface area contributed by atoms with E-state index in [9.17, 15) is 4.79 Å². The van der Waals surface area contributed by atoms with Crippen molar-refractivity contribution in [3.63, 3.8) is 0 Å². The highest BCUT2D eigenvalue weighted by Gasteiger charge is 2.29. The zero-order chi connectivity index (χ0) is 18.8. The highest BCUT2D eigenvalue weighted by atomic mass is 16.2. The van der Waals surface area contributed by atoms with Crippen molar-refractivity contribution >= 4 is 17.4 Å². The number of benzene rings is 1. The lowest BCUT2D eigenvalue weighted by Crippen LogP contribution is -2.14. The third-order valence-electron chi connectivity index (χ3n) is 4.74. The fourth-order valence-electron chi connectivity index (χ4n) is 2.97. The Morgan fingerprint density at radius 1 is 1.07 bits per heavy atom. The van der Waals surface area contributed by atoms with Crippen LogP contribution in [0, 0.1) is 12.8 Å². The van der Waals surface area contributed by atoms with E-state index in [1.165, 1.54) is 11.9 Å². The Bertz CT molecular complexity index is 997. The van der Waals surface area contributed by atoms with Gasteiger partial charge in [0.1, 0.15) is 12.1 Å². The van der Waals surface area contributed by atoms with Gasteiger partial charge in [0.25, 0.3) is 0 Å².